The van der Waals surface area contributed by atoms with Crippen molar-refractivity contribution in [2.75, 3.05) is 11.1 Å². The lowest BCUT2D eigenvalue weighted by molar-refractivity contribution is 0.101. The zero-order valence-electron chi connectivity index (χ0n) is 18.0. The molecule has 0 spiro atoms. The number of carbonyl (C=O) groups is 2. The number of ketones is 1. The molecule has 0 bridgehead atoms. The molecule has 0 fully saturated rings. The lowest BCUT2D eigenvalue weighted by Crippen LogP contribution is -2.16. The Balaban J connectivity index is 1.86. The highest BCUT2D eigenvalue weighted by atomic mass is 32.2. The molecule has 154 valence electrons. The van der Waals surface area contributed by atoms with Crippen LogP contribution in [0.2, 0.25) is 0 Å². The predicted molar refractivity (Wildman–Crippen MR) is 124 cm³/mol. The van der Waals surface area contributed by atoms with E-state index in [1.54, 1.807) is 0 Å². The quantitative estimate of drug-likeness (QED) is 0.403. The summed E-state index contributed by atoms with van der Waals surface area (Å²) < 4.78 is 0. The molecule has 3 rings (SSSR count). The number of hydrogen-bond donors (Lipinski definition) is 1. The Morgan fingerprint density at radius 1 is 0.933 bits per heavy atom. The van der Waals surface area contributed by atoms with Crippen LogP contribution in [-0.2, 0) is 0 Å². The SMILES string of the molecule is Cc1cc(C)c(C)c(C(=O)CSc2nc(C)cc(C)c2C(=O)Nc2ccccc2)c1. The first kappa shape index (κ1) is 21.8. The maximum Gasteiger partial charge on any atom is 0.258 e. The van der Waals surface area contributed by atoms with Crippen molar-refractivity contribution in [1.82, 2.24) is 4.98 Å². The second-order valence-electron chi connectivity index (χ2n) is 7.55. The molecule has 1 aromatic heterocycles. The fourth-order valence-corrected chi connectivity index (χ4v) is 4.47. The number of thioether (sulfide) groups is 1. The number of aromatic nitrogens is 1. The lowest BCUT2D eigenvalue weighted by atomic mass is 9.98. The third kappa shape index (κ3) is 4.97. The largest absolute Gasteiger partial charge is 0.322 e. The van der Waals surface area contributed by atoms with Crippen molar-refractivity contribution in [3.63, 3.8) is 0 Å². The minimum absolute atomic E-state index is 0.0414. The number of Topliss-reactive ketones (excluding diaryl/α,β-unsaturated/α-hetero) is 1. The number of rotatable bonds is 6. The molecule has 0 aliphatic heterocycles. The molecule has 0 aliphatic rings. The molecule has 0 aliphatic carbocycles. The number of carbonyl (C=O) groups excluding carboxylic acids is 2. The Morgan fingerprint density at radius 2 is 1.63 bits per heavy atom. The van der Waals surface area contributed by atoms with Crippen LogP contribution in [-0.4, -0.2) is 22.4 Å². The van der Waals surface area contributed by atoms with E-state index in [-0.39, 0.29) is 17.4 Å². The Labute approximate surface area is 182 Å². The highest BCUT2D eigenvalue weighted by Crippen LogP contribution is 2.27. The standard InChI is InChI=1S/C25H26N2O2S/c1-15-11-16(2)19(5)21(12-15)22(28)14-30-25-23(17(3)13-18(4)26-25)24(29)27-20-9-7-6-8-10-20/h6-13H,14H2,1-5H3,(H,27,29). The minimum atomic E-state index is -0.219. The number of benzene rings is 2. The molecule has 0 atom stereocenters. The fourth-order valence-electron chi connectivity index (χ4n) is 3.44. The van der Waals surface area contributed by atoms with Gasteiger partial charge in [-0.3, -0.25) is 9.59 Å². The number of hydrogen-bond acceptors (Lipinski definition) is 4. The normalized spacial score (nSPS) is 10.7. The zero-order chi connectivity index (χ0) is 21.8. The molecular weight excluding hydrogens is 392 g/mol. The number of nitrogens with zero attached hydrogens (tertiary/aromatic N) is 1. The van der Waals surface area contributed by atoms with Gasteiger partial charge in [0.15, 0.2) is 5.78 Å². The van der Waals surface area contributed by atoms with Crippen LogP contribution in [0.15, 0.2) is 53.6 Å². The average molecular weight is 419 g/mol. The van der Waals surface area contributed by atoms with Gasteiger partial charge in [-0.1, -0.05) is 41.6 Å². The highest BCUT2D eigenvalue weighted by Gasteiger charge is 2.19. The zero-order valence-corrected chi connectivity index (χ0v) is 18.8. The van der Waals surface area contributed by atoms with E-state index in [1.165, 1.54) is 11.8 Å². The van der Waals surface area contributed by atoms with Gasteiger partial charge in [-0.2, -0.15) is 0 Å². The van der Waals surface area contributed by atoms with Crippen LogP contribution in [0.4, 0.5) is 5.69 Å². The minimum Gasteiger partial charge on any atom is -0.322 e. The first-order chi connectivity index (χ1) is 14.3. The van der Waals surface area contributed by atoms with Gasteiger partial charge < -0.3 is 5.32 Å². The third-order valence-corrected chi connectivity index (χ3v) is 6.00. The van der Waals surface area contributed by atoms with E-state index in [1.807, 2.05) is 77.1 Å². The summed E-state index contributed by atoms with van der Waals surface area (Å²) in [6.45, 7) is 9.78. The molecule has 5 heteroatoms. The molecule has 1 heterocycles. The van der Waals surface area contributed by atoms with Crippen LogP contribution < -0.4 is 5.32 Å². The van der Waals surface area contributed by atoms with Gasteiger partial charge in [0.25, 0.3) is 5.91 Å². The van der Waals surface area contributed by atoms with Crippen LogP contribution in [0.5, 0.6) is 0 Å². The topological polar surface area (TPSA) is 59.1 Å². The molecule has 1 N–H and O–H groups in total. The van der Waals surface area contributed by atoms with Crippen molar-refractivity contribution in [1.29, 1.82) is 0 Å². The smallest absolute Gasteiger partial charge is 0.258 e. The molecule has 0 unspecified atom stereocenters. The summed E-state index contributed by atoms with van der Waals surface area (Å²) in [5.74, 6) is 0.0500. The van der Waals surface area contributed by atoms with Gasteiger partial charge in [-0.25, -0.2) is 4.98 Å². The van der Waals surface area contributed by atoms with Crippen molar-refractivity contribution in [2.24, 2.45) is 0 Å². The van der Waals surface area contributed by atoms with Gasteiger partial charge in [0.1, 0.15) is 5.03 Å². The van der Waals surface area contributed by atoms with Crippen molar-refractivity contribution >= 4 is 29.1 Å². The van der Waals surface area contributed by atoms with E-state index in [9.17, 15) is 9.59 Å². The van der Waals surface area contributed by atoms with Crippen LogP contribution >= 0.6 is 11.8 Å². The highest BCUT2D eigenvalue weighted by molar-refractivity contribution is 8.00. The number of nitrogens with one attached hydrogen (secondary N) is 1. The third-order valence-electron chi connectivity index (χ3n) is 5.02. The monoisotopic (exact) mass is 418 g/mol. The van der Waals surface area contributed by atoms with Gasteiger partial charge in [0, 0.05) is 16.9 Å². The van der Waals surface area contributed by atoms with Gasteiger partial charge in [0.05, 0.1) is 11.3 Å². The first-order valence-electron chi connectivity index (χ1n) is 9.84. The molecule has 4 nitrogen and oxygen atoms in total. The Bertz CT molecular complexity index is 1110. The maximum absolute atomic E-state index is 13.0. The van der Waals surface area contributed by atoms with E-state index < -0.39 is 0 Å². The van der Waals surface area contributed by atoms with Crippen molar-refractivity contribution < 1.29 is 9.59 Å². The van der Waals surface area contributed by atoms with E-state index in [0.29, 0.717) is 10.6 Å². The molecule has 1 amide bonds. The summed E-state index contributed by atoms with van der Waals surface area (Å²) >= 11 is 1.32. The van der Waals surface area contributed by atoms with Gasteiger partial charge in [0.2, 0.25) is 0 Å². The van der Waals surface area contributed by atoms with Gasteiger partial charge in [-0.05, 0) is 75.6 Å². The van der Waals surface area contributed by atoms with Crippen LogP contribution in [0.3, 0.4) is 0 Å². The maximum atomic E-state index is 13.0. The molecule has 0 saturated heterocycles. The Kier molecular flexibility index (Phi) is 6.73. The van der Waals surface area contributed by atoms with Crippen LogP contribution in [0, 0.1) is 34.6 Å². The summed E-state index contributed by atoms with van der Waals surface area (Å²) in [6, 6.07) is 15.2. The van der Waals surface area contributed by atoms with E-state index in [4.69, 9.17) is 0 Å². The molecular formula is C25H26N2O2S. The molecule has 3 aromatic rings. The number of para-hydroxylation sites is 1. The fraction of sp³-hybridized carbons (Fsp3) is 0.240. The number of amides is 1. The van der Waals surface area contributed by atoms with E-state index >= 15 is 0 Å². The number of aryl methyl sites for hydroxylation is 4. The molecule has 0 radical (unpaired) electrons. The lowest BCUT2D eigenvalue weighted by Gasteiger charge is -2.14. The van der Waals surface area contributed by atoms with E-state index in [0.717, 1.165) is 39.2 Å². The predicted octanol–water partition coefficient (Wildman–Crippen LogP) is 5.85. The average Bonchev–Trinajstić information content (AvgIpc) is 2.69. The van der Waals surface area contributed by atoms with Crippen molar-refractivity contribution in [3.05, 3.63) is 87.6 Å². The number of anilines is 1. The second-order valence-corrected chi connectivity index (χ2v) is 8.51. The first-order valence-corrected chi connectivity index (χ1v) is 10.8. The summed E-state index contributed by atoms with van der Waals surface area (Å²) in [7, 11) is 0. The summed E-state index contributed by atoms with van der Waals surface area (Å²) in [4.78, 5) is 30.5. The Morgan fingerprint density at radius 3 is 2.33 bits per heavy atom. The number of pyridine rings is 1. The van der Waals surface area contributed by atoms with Gasteiger partial charge >= 0.3 is 0 Å². The molecule has 0 saturated carbocycles. The van der Waals surface area contributed by atoms with Gasteiger partial charge in [-0.15, -0.1) is 0 Å². The summed E-state index contributed by atoms with van der Waals surface area (Å²) in [6.07, 6.45) is 0. The summed E-state index contributed by atoms with van der Waals surface area (Å²) in [5.41, 5.74) is 6.81. The Hall–Kier alpha value is -2.92. The van der Waals surface area contributed by atoms with E-state index in [2.05, 4.69) is 16.4 Å². The second kappa shape index (κ2) is 9.26. The van der Waals surface area contributed by atoms with Crippen molar-refractivity contribution in [3.8, 4) is 0 Å². The van der Waals surface area contributed by atoms with Crippen LogP contribution in [0.25, 0.3) is 0 Å². The molecule has 30 heavy (non-hydrogen) atoms. The van der Waals surface area contributed by atoms with Crippen molar-refractivity contribution in [2.45, 2.75) is 39.6 Å². The summed E-state index contributed by atoms with van der Waals surface area (Å²) in [5, 5.41) is 3.50. The van der Waals surface area contributed by atoms with Crippen LogP contribution in [0.1, 0.15) is 48.7 Å². The molecule has 2 aromatic carbocycles.